The van der Waals surface area contributed by atoms with Gasteiger partial charge in [0.25, 0.3) is 0 Å². The molecule has 0 amide bonds. The zero-order valence-electron chi connectivity index (χ0n) is 12.6. The van der Waals surface area contributed by atoms with Gasteiger partial charge < -0.3 is 10.1 Å². The first-order valence-electron chi connectivity index (χ1n) is 7.10. The third-order valence-electron chi connectivity index (χ3n) is 3.06. The third-order valence-corrected chi connectivity index (χ3v) is 3.55. The van der Waals surface area contributed by atoms with E-state index in [4.69, 9.17) is 4.74 Å². The zero-order chi connectivity index (χ0) is 15.2. The van der Waals surface area contributed by atoms with E-state index in [2.05, 4.69) is 58.3 Å². The maximum Gasteiger partial charge on any atom is 0.238 e. The Morgan fingerprint density at radius 2 is 2.00 bits per heavy atom. The average Bonchev–Trinajstić information content (AvgIpc) is 2.48. The minimum absolute atomic E-state index is 0.374. The van der Waals surface area contributed by atoms with Crippen molar-refractivity contribution in [3.63, 3.8) is 0 Å². The largest absolute Gasteiger partial charge is 0.437 e. The fourth-order valence-electron chi connectivity index (χ4n) is 1.93. The lowest BCUT2D eigenvalue weighted by atomic mass is 10.0. The number of hydrogen-bond donors (Lipinski definition) is 1. The van der Waals surface area contributed by atoms with Crippen molar-refractivity contribution >= 4 is 15.9 Å². The summed E-state index contributed by atoms with van der Waals surface area (Å²) in [5, 5.41) is 11.5. The molecule has 1 heterocycles. The SMILES string of the molecule is CCNCc1ccc(Oc2ccc(Br)cc2C(C)C)nn1. The highest BCUT2D eigenvalue weighted by atomic mass is 79.9. The van der Waals surface area contributed by atoms with E-state index < -0.39 is 0 Å². The van der Waals surface area contributed by atoms with Crippen molar-refractivity contribution in [1.82, 2.24) is 15.5 Å². The second kappa shape index (κ2) is 7.52. The molecule has 1 aromatic heterocycles. The molecule has 0 unspecified atom stereocenters. The molecule has 0 fully saturated rings. The van der Waals surface area contributed by atoms with E-state index in [1.54, 1.807) is 0 Å². The summed E-state index contributed by atoms with van der Waals surface area (Å²) in [6, 6.07) is 9.78. The van der Waals surface area contributed by atoms with Gasteiger partial charge in [-0.3, -0.25) is 0 Å². The van der Waals surface area contributed by atoms with Gasteiger partial charge in [-0.15, -0.1) is 5.10 Å². The molecule has 5 heteroatoms. The summed E-state index contributed by atoms with van der Waals surface area (Å²) in [7, 11) is 0. The van der Waals surface area contributed by atoms with Crippen LogP contribution in [0.2, 0.25) is 0 Å². The molecule has 2 rings (SSSR count). The number of hydrogen-bond acceptors (Lipinski definition) is 4. The number of benzene rings is 1. The van der Waals surface area contributed by atoms with Crippen LogP contribution in [-0.4, -0.2) is 16.7 Å². The molecule has 0 radical (unpaired) electrons. The van der Waals surface area contributed by atoms with Crippen molar-refractivity contribution in [2.24, 2.45) is 0 Å². The quantitative estimate of drug-likeness (QED) is 0.845. The smallest absolute Gasteiger partial charge is 0.238 e. The fraction of sp³-hybridized carbons (Fsp3) is 0.375. The van der Waals surface area contributed by atoms with Gasteiger partial charge in [0.1, 0.15) is 5.75 Å². The van der Waals surface area contributed by atoms with E-state index in [9.17, 15) is 0 Å². The first-order chi connectivity index (χ1) is 10.1. The minimum atomic E-state index is 0.374. The van der Waals surface area contributed by atoms with Crippen LogP contribution in [-0.2, 0) is 6.54 Å². The van der Waals surface area contributed by atoms with Gasteiger partial charge in [0, 0.05) is 17.1 Å². The summed E-state index contributed by atoms with van der Waals surface area (Å²) >= 11 is 3.49. The molecule has 1 N–H and O–H groups in total. The Morgan fingerprint density at radius 3 is 2.62 bits per heavy atom. The highest BCUT2D eigenvalue weighted by Crippen LogP contribution is 2.32. The van der Waals surface area contributed by atoms with Crippen molar-refractivity contribution in [3.8, 4) is 11.6 Å². The maximum absolute atomic E-state index is 5.87. The molecule has 0 aliphatic heterocycles. The second-order valence-electron chi connectivity index (χ2n) is 5.08. The molecule has 1 aromatic carbocycles. The lowest BCUT2D eigenvalue weighted by Crippen LogP contribution is -2.13. The average molecular weight is 350 g/mol. The number of rotatable bonds is 6. The van der Waals surface area contributed by atoms with E-state index in [1.807, 2.05) is 24.3 Å². The zero-order valence-corrected chi connectivity index (χ0v) is 14.1. The number of nitrogens with zero attached hydrogens (tertiary/aromatic N) is 2. The van der Waals surface area contributed by atoms with Gasteiger partial charge in [-0.2, -0.15) is 5.10 Å². The molecule has 0 bridgehead atoms. The van der Waals surface area contributed by atoms with Crippen molar-refractivity contribution in [2.75, 3.05) is 6.54 Å². The Labute approximate surface area is 134 Å². The fourth-order valence-corrected chi connectivity index (χ4v) is 2.30. The molecule has 0 saturated carbocycles. The van der Waals surface area contributed by atoms with Crippen LogP contribution in [0.1, 0.15) is 37.9 Å². The van der Waals surface area contributed by atoms with Gasteiger partial charge in [0.05, 0.1) is 5.69 Å². The summed E-state index contributed by atoms with van der Waals surface area (Å²) < 4.78 is 6.92. The summed E-state index contributed by atoms with van der Waals surface area (Å²) in [4.78, 5) is 0. The number of ether oxygens (including phenoxy) is 1. The summed E-state index contributed by atoms with van der Waals surface area (Å²) in [5.74, 6) is 1.71. The number of halogens is 1. The van der Waals surface area contributed by atoms with Crippen LogP contribution < -0.4 is 10.1 Å². The highest BCUT2D eigenvalue weighted by molar-refractivity contribution is 9.10. The van der Waals surface area contributed by atoms with E-state index in [0.717, 1.165) is 34.6 Å². The van der Waals surface area contributed by atoms with Crippen LogP contribution >= 0.6 is 15.9 Å². The van der Waals surface area contributed by atoms with E-state index >= 15 is 0 Å². The monoisotopic (exact) mass is 349 g/mol. The molecule has 0 atom stereocenters. The lowest BCUT2D eigenvalue weighted by molar-refractivity contribution is 0.445. The summed E-state index contributed by atoms with van der Waals surface area (Å²) in [6.07, 6.45) is 0. The predicted octanol–water partition coefficient (Wildman–Crippen LogP) is 4.26. The molecule has 112 valence electrons. The van der Waals surface area contributed by atoms with Crippen molar-refractivity contribution in [2.45, 2.75) is 33.2 Å². The Balaban J connectivity index is 2.14. The molecule has 0 aliphatic carbocycles. The Kier molecular flexibility index (Phi) is 5.70. The lowest BCUT2D eigenvalue weighted by Gasteiger charge is -2.13. The molecule has 4 nitrogen and oxygen atoms in total. The van der Waals surface area contributed by atoms with Crippen LogP contribution in [0.4, 0.5) is 0 Å². The topological polar surface area (TPSA) is 47.0 Å². The van der Waals surface area contributed by atoms with Crippen LogP contribution in [0.3, 0.4) is 0 Å². The Morgan fingerprint density at radius 1 is 1.19 bits per heavy atom. The molecule has 0 aliphatic rings. The van der Waals surface area contributed by atoms with Crippen molar-refractivity contribution in [3.05, 3.63) is 46.1 Å². The predicted molar refractivity (Wildman–Crippen MR) is 87.7 cm³/mol. The molecule has 0 saturated heterocycles. The molecule has 0 spiro atoms. The molecular formula is C16H20BrN3O. The van der Waals surface area contributed by atoms with E-state index in [-0.39, 0.29) is 0 Å². The molecular weight excluding hydrogens is 330 g/mol. The summed E-state index contributed by atoms with van der Waals surface area (Å²) in [6.45, 7) is 7.97. The van der Waals surface area contributed by atoms with Gasteiger partial charge >= 0.3 is 0 Å². The van der Waals surface area contributed by atoms with Crippen molar-refractivity contribution in [1.29, 1.82) is 0 Å². The van der Waals surface area contributed by atoms with Gasteiger partial charge in [0.2, 0.25) is 5.88 Å². The van der Waals surface area contributed by atoms with Crippen LogP contribution in [0.25, 0.3) is 0 Å². The number of aromatic nitrogens is 2. The maximum atomic E-state index is 5.87. The number of nitrogens with one attached hydrogen (secondary N) is 1. The highest BCUT2D eigenvalue weighted by Gasteiger charge is 2.10. The van der Waals surface area contributed by atoms with E-state index in [1.165, 1.54) is 0 Å². The van der Waals surface area contributed by atoms with Crippen LogP contribution in [0, 0.1) is 0 Å². The Bertz CT molecular complexity index is 585. The van der Waals surface area contributed by atoms with Crippen LogP contribution in [0.15, 0.2) is 34.8 Å². The van der Waals surface area contributed by atoms with Crippen LogP contribution in [0.5, 0.6) is 11.6 Å². The first-order valence-corrected chi connectivity index (χ1v) is 7.90. The Hall–Kier alpha value is -1.46. The third kappa shape index (κ3) is 4.51. The van der Waals surface area contributed by atoms with Gasteiger partial charge in [-0.05, 0) is 42.3 Å². The van der Waals surface area contributed by atoms with Gasteiger partial charge in [-0.25, -0.2) is 0 Å². The second-order valence-corrected chi connectivity index (χ2v) is 6.00. The van der Waals surface area contributed by atoms with Gasteiger partial charge in [-0.1, -0.05) is 36.7 Å². The van der Waals surface area contributed by atoms with Crippen molar-refractivity contribution < 1.29 is 4.74 Å². The summed E-state index contributed by atoms with van der Waals surface area (Å²) in [5.41, 5.74) is 2.05. The minimum Gasteiger partial charge on any atom is -0.437 e. The standard InChI is InChI=1S/C16H20BrN3O/c1-4-18-10-13-6-8-16(20-19-13)21-15-7-5-12(17)9-14(15)11(2)3/h5-9,11,18H,4,10H2,1-3H3. The normalized spacial score (nSPS) is 10.9. The first kappa shape index (κ1) is 15.9. The molecule has 21 heavy (non-hydrogen) atoms. The van der Waals surface area contributed by atoms with E-state index in [0.29, 0.717) is 11.8 Å². The van der Waals surface area contributed by atoms with Gasteiger partial charge in [0.15, 0.2) is 0 Å². The molecule has 2 aromatic rings.